The van der Waals surface area contributed by atoms with E-state index in [0.717, 1.165) is 29.2 Å². The minimum Gasteiger partial charge on any atom is -0.469 e. The molecule has 0 saturated heterocycles. The summed E-state index contributed by atoms with van der Waals surface area (Å²) >= 11 is 8.17. The van der Waals surface area contributed by atoms with Crippen LogP contribution < -0.4 is 0 Å². The summed E-state index contributed by atoms with van der Waals surface area (Å²) in [5.41, 5.74) is 2.30. The zero-order valence-electron chi connectivity index (χ0n) is 18.0. The van der Waals surface area contributed by atoms with Crippen LogP contribution in [0.5, 0.6) is 0 Å². The van der Waals surface area contributed by atoms with Gasteiger partial charge in [-0.15, -0.1) is 11.3 Å². The van der Waals surface area contributed by atoms with Gasteiger partial charge in [0.05, 0.1) is 25.6 Å². The molecule has 0 spiro atoms. The Morgan fingerprint density at radius 1 is 1.13 bits per heavy atom. The first-order valence-corrected chi connectivity index (χ1v) is 12.0. The quantitative estimate of drug-likeness (QED) is 0.397. The highest BCUT2D eigenvalue weighted by atomic mass is 35.5. The minimum absolute atomic E-state index is 0.0253. The molecule has 2 aromatic heterocycles. The molecule has 2 heterocycles. The molecule has 5 heteroatoms. The number of aliphatic hydroxyl groups excluding tert-OH is 1. The molecule has 1 aliphatic rings. The highest BCUT2D eigenvalue weighted by Gasteiger charge is 2.36. The number of hydrogen-bond acceptors (Lipinski definition) is 4. The summed E-state index contributed by atoms with van der Waals surface area (Å²) in [6.45, 7) is 5.48. The molecule has 0 radical (unpaired) electrons. The number of hydrogen-bond donors (Lipinski definition) is 1. The topological polar surface area (TPSA) is 42.6 Å². The lowest BCUT2D eigenvalue weighted by Gasteiger charge is -2.24. The Bertz CT molecular complexity index is 991. The maximum absolute atomic E-state index is 10.5. The molecule has 1 aromatic carbocycles. The van der Waals surface area contributed by atoms with Crippen molar-refractivity contribution in [3.05, 3.63) is 93.0 Å². The van der Waals surface area contributed by atoms with Crippen LogP contribution in [-0.4, -0.2) is 17.8 Å². The van der Waals surface area contributed by atoms with Gasteiger partial charge < -0.3 is 14.3 Å². The number of halogens is 1. The minimum atomic E-state index is -0.565. The zero-order chi connectivity index (χ0) is 21.8. The van der Waals surface area contributed by atoms with E-state index in [1.165, 1.54) is 10.4 Å². The Balaban J connectivity index is 1.36. The van der Waals surface area contributed by atoms with E-state index in [1.54, 1.807) is 17.4 Å². The number of aliphatic hydroxyl groups is 1. The van der Waals surface area contributed by atoms with Crippen molar-refractivity contribution in [3.63, 3.8) is 0 Å². The first-order chi connectivity index (χ1) is 14.9. The predicted molar refractivity (Wildman–Crippen MR) is 126 cm³/mol. The standard InChI is InChI=1S/C26H29ClO3S/c1-26(2,18-7-4-3-5-8-18)19-13-20(30-15-19)10-11-22-23(25(28)14-24(22)27)17-29-16-21-9-6-12-31-21/h3-9,12-15,22-23,25,28H,10-11,16-17H2,1-2H3/t22-,23-,25?/m1/s1. The maximum atomic E-state index is 10.5. The summed E-state index contributed by atoms with van der Waals surface area (Å²) in [4.78, 5) is 1.19. The molecule has 0 aliphatic heterocycles. The van der Waals surface area contributed by atoms with Crippen molar-refractivity contribution in [1.82, 2.24) is 0 Å². The number of thiophene rings is 1. The molecule has 0 fully saturated rings. The van der Waals surface area contributed by atoms with Gasteiger partial charge in [0.25, 0.3) is 0 Å². The van der Waals surface area contributed by atoms with Crippen LogP contribution in [0.25, 0.3) is 0 Å². The lowest BCUT2D eigenvalue weighted by Crippen LogP contribution is -2.26. The van der Waals surface area contributed by atoms with Crippen molar-refractivity contribution in [2.24, 2.45) is 11.8 Å². The van der Waals surface area contributed by atoms with Crippen LogP contribution in [0.3, 0.4) is 0 Å². The second kappa shape index (κ2) is 9.74. The first-order valence-electron chi connectivity index (χ1n) is 10.7. The second-order valence-electron chi connectivity index (χ2n) is 8.74. The average molecular weight is 457 g/mol. The van der Waals surface area contributed by atoms with Gasteiger partial charge in [0.2, 0.25) is 0 Å². The molecule has 3 nitrogen and oxygen atoms in total. The number of allylic oxidation sites excluding steroid dienone is 1. The van der Waals surface area contributed by atoms with Crippen LogP contribution in [-0.2, 0) is 23.2 Å². The predicted octanol–water partition coefficient (Wildman–Crippen LogP) is 6.55. The Labute approximate surface area is 193 Å². The molecule has 0 bridgehead atoms. The van der Waals surface area contributed by atoms with Crippen LogP contribution in [0.4, 0.5) is 0 Å². The summed E-state index contributed by atoms with van der Waals surface area (Å²) in [6.07, 6.45) is 4.65. The molecule has 0 saturated carbocycles. The van der Waals surface area contributed by atoms with Crippen LogP contribution in [0, 0.1) is 11.8 Å². The van der Waals surface area contributed by atoms with Crippen molar-refractivity contribution in [1.29, 1.82) is 0 Å². The zero-order valence-corrected chi connectivity index (χ0v) is 19.5. The second-order valence-corrected chi connectivity index (χ2v) is 10.2. The Kier molecular flexibility index (Phi) is 7.02. The summed E-state index contributed by atoms with van der Waals surface area (Å²) < 4.78 is 11.8. The van der Waals surface area contributed by atoms with E-state index in [-0.39, 0.29) is 17.3 Å². The normalized spacial score (nSPS) is 21.4. The number of rotatable bonds is 9. The van der Waals surface area contributed by atoms with Crippen LogP contribution >= 0.6 is 22.9 Å². The molecule has 3 atom stereocenters. The molecule has 3 aromatic rings. The van der Waals surface area contributed by atoms with E-state index in [4.69, 9.17) is 20.8 Å². The van der Waals surface area contributed by atoms with Crippen LogP contribution in [0.2, 0.25) is 0 Å². The Hall–Kier alpha value is -1.85. The highest BCUT2D eigenvalue weighted by molar-refractivity contribution is 7.09. The van der Waals surface area contributed by atoms with Gasteiger partial charge in [-0.3, -0.25) is 0 Å². The van der Waals surface area contributed by atoms with Gasteiger partial charge in [0.1, 0.15) is 5.76 Å². The van der Waals surface area contributed by atoms with E-state index < -0.39 is 6.10 Å². The highest BCUT2D eigenvalue weighted by Crippen LogP contribution is 2.39. The van der Waals surface area contributed by atoms with Gasteiger partial charge in [-0.05, 0) is 35.6 Å². The van der Waals surface area contributed by atoms with E-state index >= 15 is 0 Å². The molecule has 1 aliphatic carbocycles. The number of aryl methyl sites for hydroxylation is 1. The molecule has 4 rings (SSSR count). The van der Waals surface area contributed by atoms with Crippen LogP contribution in [0.1, 0.15) is 42.0 Å². The van der Waals surface area contributed by atoms with Gasteiger partial charge >= 0.3 is 0 Å². The summed E-state index contributed by atoms with van der Waals surface area (Å²) in [5.74, 6) is 1.00. The van der Waals surface area contributed by atoms with Crippen molar-refractivity contribution in [3.8, 4) is 0 Å². The lowest BCUT2D eigenvalue weighted by molar-refractivity contribution is 0.0290. The molecule has 164 valence electrons. The number of furan rings is 1. The van der Waals surface area contributed by atoms with E-state index in [9.17, 15) is 5.11 Å². The smallest absolute Gasteiger partial charge is 0.104 e. The van der Waals surface area contributed by atoms with Crippen molar-refractivity contribution >= 4 is 22.9 Å². The third kappa shape index (κ3) is 5.15. The third-order valence-corrected chi connectivity index (χ3v) is 7.60. The monoisotopic (exact) mass is 456 g/mol. The number of ether oxygens (including phenoxy) is 1. The van der Waals surface area contributed by atoms with E-state index in [0.29, 0.717) is 13.2 Å². The number of benzene rings is 1. The van der Waals surface area contributed by atoms with Gasteiger partial charge in [-0.1, -0.05) is 61.8 Å². The summed E-state index contributed by atoms with van der Waals surface area (Å²) in [5, 5.41) is 13.2. The van der Waals surface area contributed by atoms with Gasteiger partial charge in [0, 0.05) is 39.1 Å². The Morgan fingerprint density at radius 2 is 1.94 bits per heavy atom. The average Bonchev–Trinajstić information content (AvgIpc) is 3.50. The largest absolute Gasteiger partial charge is 0.469 e. The van der Waals surface area contributed by atoms with E-state index in [2.05, 4.69) is 50.2 Å². The van der Waals surface area contributed by atoms with Crippen molar-refractivity contribution in [2.45, 2.75) is 44.8 Å². The Morgan fingerprint density at radius 3 is 2.68 bits per heavy atom. The fraction of sp³-hybridized carbons (Fsp3) is 0.385. The van der Waals surface area contributed by atoms with Crippen LogP contribution in [0.15, 0.2) is 75.7 Å². The molecular formula is C26H29ClO3S. The summed E-state index contributed by atoms with van der Waals surface area (Å²) in [7, 11) is 0. The molecule has 31 heavy (non-hydrogen) atoms. The fourth-order valence-electron chi connectivity index (χ4n) is 4.27. The summed E-state index contributed by atoms with van der Waals surface area (Å²) in [6, 6.07) is 16.7. The van der Waals surface area contributed by atoms with Crippen molar-refractivity contribution < 1.29 is 14.3 Å². The van der Waals surface area contributed by atoms with Crippen molar-refractivity contribution in [2.75, 3.05) is 6.61 Å². The fourth-order valence-corrected chi connectivity index (χ4v) is 5.31. The molecule has 0 amide bonds. The van der Waals surface area contributed by atoms with Gasteiger partial charge in [0.15, 0.2) is 0 Å². The molecular weight excluding hydrogens is 428 g/mol. The molecule has 1 unspecified atom stereocenters. The molecule has 1 N–H and O–H groups in total. The van der Waals surface area contributed by atoms with E-state index in [1.807, 2.05) is 23.8 Å². The maximum Gasteiger partial charge on any atom is 0.104 e. The third-order valence-electron chi connectivity index (χ3n) is 6.35. The van der Waals surface area contributed by atoms with Gasteiger partial charge in [-0.2, -0.15) is 0 Å². The SMILES string of the molecule is CC(C)(c1ccccc1)c1coc(CC[C@H]2C(Cl)=CC(O)[C@@H]2COCc2cccs2)c1. The first kappa shape index (κ1) is 22.3. The van der Waals surface area contributed by atoms with Gasteiger partial charge in [-0.25, -0.2) is 0 Å². The lowest BCUT2D eigenvalue weighted by atomic mass is 9.79.